The maximum Gasteiger partial charge on any atom is 0.143 e. The van der Waals surface area contributed by atoms with Crippen molar-refractivity contribution in [2.45, 2.75) is 26.2 Å². The van der Waals surface area contributed by atoms with Crippen molar-refractivity contribution in [2.24, 2.45) is 10.2 Å². The van der Waals surface area contributed by atoms with E-state index in [1.807, 2.05) is 18.2 Å². The molecule has 0 saturated carbocycles. The average molecular weight is 355 g/mol. The first-order valence-corrected chi connectivity index (χ1v) is 8.53. The Hall–Kier alpha value is -2.59. The molecule has 5 heteroatoms. The van der Waals surface area contributed by atoms with Gasteiger partial charge in [-0.05, 0) is 47.6 Å². The van der Waals surface area contributed by atoms with E-state index in [1.165, 1.54) is 17.7 Å². The lowest BCUT2D eigenvalue weighted by atomic mass is 9.95. The van der Waals surface area contributed by atoms with Crippen LogP contribution >= 0.6 is 11.6 Å². The predicted octanol–water partition coefficient (Wildman–Crippen LogP) is 6.83. The Balaban J connectivity index is 2.07. The van der Waals surface area contributed by atoms with Gasteiger partial charge in [0.2, 0.25) is 0 Å². The van der Waals surface area contributed by atoms with Crippen LogP contribution in [0.1, 0.15) is 31.7 Å². The molecule has 0 aliphatic carbocycles. The molecular weight excluding hydrogens is 336 g/mol. The van der Waals surface area contributed by atoms with Crippen molar-refractivity contribution in [3.8, 4) is 11.5 Å². The van der Waals surface area contributed by atoms with Gasteiger partial charge in [-0.2, -0.15) is 0 Å². The van der Waals surface area contributed by atoms with Gasteiger partial charge in [-0.1, -0.05) is 49.7 Å². The van der Waals surface area contributed by atoms with Crippen molar-refractivity contribution < 1.29 is 10.2 Å². The molecule has 128 valence electrons. The van der Waals surface area contributed by atoms with Gasteiger partial charge in [-0.15, -0.1) is 10.2 Å². The number of phenolic OH excluding ortho intramolecular Hbond substituents is 2. The van der Waals surface area contributed by atoms with Gasteiger partial charge < -0.3 is 10.2 Å². The van der Waals surface area contributed by atoms with Gasteiger partial charge in [0.1, 0.15) is 22.9 Å². The zero-order valence-electron chi connectivity index (χ0n) is 14.1. The summed E-state index contributed by atoms with van der Waals surface area (Å²) in [6, 6.07) is 14.1. The first kappa shape index (κ1) is 17.2. The van der Waals surface area contributed by atoms with Crippen LogP contribution in [-0.4, -0.2) is 10.2 Å². The number of rotatable bonds is 4. The number of nitrogens with zero attached hydrogens (tertiary/aromatic N) is 2. The van der Waals surface area contributed by atoms with Gasteiger partial charge in [0.15, 0.2) is 0 Å². The van der Waals surface area contributed by atoms with E-state index in [0.29, 0.717) is 16.6 Å². The maximum atomic E-state index is 10.2. The SMILES string of the molecule is CCC(C)c1ccc2c(N=Nc3cc(Cl)ccc3O)c(O)ccc2c1. The molecule has 2 N–H and O–H groups in total. The molecule has 0 bridgehead atoms. The van der Waals surface area contributed by atoms with Crippen LogP contribution < -0.4 is 0 Å². The van der Waals surface area contributed by atoms with Crippen molar-refractivity contribution in [1.82, 2.24) is 0 Å². The summed E-state index contributed by atoms with van der Waals surface area (Å²) < 4.78 is 0. The highest BCUT2D eigenvalue weighted by atomic mass is 35.5. The van der Waals surface area contributed by atoms with Crippen LogP contribution in [-0.2, 0) is 0 Å². The minimum absolute atomic E-state index is 0.0214. The van der Waals surface area contributed by atoms with Gasteiger partial charge in [0, 0.05) is 10.4 Å². The zero-order chi connectivity index (χ0) is 18.0. The molecule has 0 saturated heterocycles. The Bertz CT molecular complexity index is 954. The van der Waals surface area contributed by atoms with Crippen molar-refractivity contribution in [3.05, 3.63) is 59.1 Å². The smallest absolute Gasteiger partial charge is 0.143 e. The van der Waals surface area contributed by atoms with Gasteiger partial charge in [-0.3, -0.25) is 0 Å². The Kier molecular flexibility index (Phi) is 4.91. The maximum absolute atomic E-state index is 10.2. The molecule has 3 rings (SSSR count). The van der Waals surface area contributed by atoms with Crippen LogP contribution in [0.2, 0.25) is 5.02 Å². The van der Waals surface area contributed by atoms with E-state index in [0.717, 1.165) is 17.2 Å². The second kappa shape index (κ2) is 7.11. The lowest BCUT2D eigenvalue weighted by molar-refractivity contribution is 0.474. The Morgan fingerprint density at radius 2 is 1.72 bits per heavy atom. The third kappa shape index (κ3) is 3.59. The molecule has 1 atom stereocenters. The molecule has 0 fully saturated rings. The third-order valence-electron chi connectivity index (χ3n) is 4.37. The minimum atomic E-state index is -0.0214. The molecule has 0 heterocycles. The molecule has 1 unspecified atom stereocenters. The molecule has 0 radical (unpaired) electrons. The summed E-state index contributed by atoms with van der Waals surface area (Å²) in [5, 5.41) is 30.5. The summed E-state index contributed by atoms with van der Waals surface area (Å²) in [6.07, 6.45) is 1.06. The Morgan fingerprint density at radius 3 is 2.48 bits per heavy atom. The summed E-state index contributed by atoms with van der Waals surface area (Å²) >= 11 is 5.92. The molecule has 3 aromatic carbocycles. The van der Waals surface area contributed by atoms with Gasteiger partial charge >= 0.3 is 0 Å². The second-order valence-corrected chi connectivity index (χ2v) is 6.49. The fourth-order valence-electron chi connectivity index (χ4n) is 2.65. The lowest BCUT2D eigenvalue weighted by Crippen LogP contribution is -1.90. The normalized spacial score (nSPS) is 12.8. The largest absolute Gasteiger partial charge is 0.506 e. The molecule has 0 spiro atoms. The summed E-state index contributed by atoms with van der Waals surface area (Å²) in [5.74, 6) is 0.479. The third-order valence-corrected chi connectivity index (χ3v) is 4.61. The van der Waals surface area contributed by atoms with E-state index < -0.39 is 0 Å². The van der Waals surface area contributed by atoms with Crippen LogP contribution in [0.3, 0.4) is 0 Å². The number of hydrogen-bond donors (Lipinski definition) is 2. The van der Waals surface area contributed by atoms with E-state index >= 15 is 0 Å². The average Bonchev–Trinajstić information content (AvgIpc) is 2.62. The minimum Gasteiger partial charge on any atom is -0.506 e. The zero-order valence-corrected chi connectivity index (χ0v) is 14.8. The fourth-order valence-corrected chi connectivity index (χ4v) is 2.81. The van der Waals surface area contributed by atoms with E-state index in [9.17, 15) is 10.2 Å². The molecule has 0 amide bonds. The van der Waals surface area contributed by atoms with E-state index in [2.05, 4.69) is 30.1 Å². The molecule has 0 aromatic heterocycles. The second-order valence-electron chi connectivity index (χ2n) is 6.06. The van der Waals surface area contributed by atoms with Gasteiger partial charge in [-0.25, -0.2) is 0 Å². The summed E-state index contributed by atoms with van der Waals surface area (Å²) in [5.41, 5.74) is 1.86. The van der Waals surface area contributed by atoms with Crippen molar-refractivity contribution >= 4 is 33.7 Å². The highest BCUT2D eigenvalue weighted by Crippen LogP contribution is 2.38. The number of phenols is 2. The summed E-state index contributed by atoms with van der Waals surface area (Å²) in [7, 11) is 0. The van der Waals surface area contributed by atoms with Crippen LogP contribution in [0.25, 0.3) is 10.8 Å². The Morgan fingerprint density at radius 1 is 0.960 bits per heavy atom. The van der Waals surface area contributed by atoms with Crippen LogP contribution in [0, 0.1) is 0 Å². The van der Waals surface area contributed by atoms with Crippen LogP contribution in [0.4, 0.5) is 11.4 Å². The molecule has 0 aliphatic rings. The number of hydrogen-bond acceptors (Lipinski definition) is 4. The standard InChI is InChI=1S/C20H19ClN2O2/c1-3-12(2)13-4-7-16-14(10-13)5-8-19(25)20(16)23-22-17-11-15(21)6-9-18(17)24/h4-12,24-25H,3H2,1-2H3. The van der Waals surface area contributed by atoms with Crippen LogP contribution in [0.15, 0.2) is 58.8 Å². The summed E-state index contributed by atoms with van der Waals surface area (Å²) in [6.45, 7) is 4.34. The highest BCUT2D eigenvalue weighted by molar-refractivity contribution is 6.30. The topological polar surface area (TPSA) is 65.2 Å². The summed E-state index contributed by atoms with van der Waals surface area (Å²) in [4.78, 5) is 0. The number of fused-ring (bicyclic) bond motifs is 1. The molecular formula is C20H19ClN2O2. The fraction of sp³-hybridized carbons (Fsp3) is 0.200. The van der Waals surface area contributed by atoms with E-state index in [4.69, 9.17) is 11.6 Å². The number of azo groups is 1. The van der Waals surface area contributed by atoms with Gasteiger partial charge in [0.25, 0.3) is 0 Å². The lowest BCUT2D eigenvalue weighted by Gasteiger charge is -2.11. The highest BCUT2D eigenvalue weighted by Gasteiger charge is 2.10. The van der Waals surface area contributed by atoms with E-state index in [1.54, 1.807) is 12.1 Å². The van der Waals surface area contributed by atoms with Crippen molar-refractivity contribution in [3.63, 3.8) is 0 Å². The predicted molar refractivity (Wildman–Crippen MR) is 102 cm³/mol. The quantitative estimate of drug-likeness (QED) is 0.504. The first-order valence-electron chi connectivity index (χ1n) is 8.15. The number of aromatic hydroxyl groups is 2. The molecule has 3 aromatic rings. The van der Waals surface area contributed by atoms with E-state index in [-0.39, 0.29) is 17.2 Å². The van der Waals surface area contributed by atoms with Crippen molar-refractivity contribution in [2.75, 3.05) is 0 Å². The molecule has 0 aliphatic heterocycles. The monoisotopic (exact) mass is 354 g/mol. The first-order chi connectivity index (χ1) is 12.0. The van der Waals surface area contributed by atoms with Gasteiger partial charge in [0.05, 0.1) is 0 Å². The number of halogens is 1. The molecule has 4 nitrogen and oxygen atoms in total. The van der Waals surface area contributed by atoms with Crippen LogP contribution in [0.5, 0.6) is 11.5 Å². The Labute approximate surface area is 151 Å². The molecule has 25 heavy (non-hydrogen) atoms. The van der Waals surface area contributed by atoms with Crippen molar-refractivity contribution in [1.29, 1.82) is 0 Å². The number of benzene rings is 3.